The molecule has 1 aliphatic rings. The predicted molar refractivity (Wildman–Crippen MR) is 155 cm³/mol. The molecule has 1 fully saturated rings. The third-order valence-corrected chi connectivity index (χ3v) is 7.05. The Morgan fingerprint density at radius 1 is 1.20 bits per heavy atom. The standard InChI is InChI=1S/C30H26ClFN8/c1-2-39(23-6-4-3-5-7-23)37-28-20(16-33)17-34-30-25(28)14-22(15-26(30)31)35-29(19-8-10-21(32)11-9-19)27-18-40(38-36-27)24-12-13-24/h3-11,14-15,17-18,24,29,35H,2,12-13H2,1H3,(H,34,37)/i29D. The molecule has 1 saturated carbocycles. The topological polar surface area (TPSA) is 94.7 Å². The smallest absolute Gasteiger partial charge is 0.123 e. The first kappa shape index (κ1) is 24.4. The summed E-state index contributed by atoms with van der Waals surface area (Å²) in [6.07, 6.45) is 5.27. The number of anilines is 3. The number of pyridine rings is 1. The van der Waals surface area contributed by atoms with Crippen molar-refractivity contribution in [2.24, 2.45) is 0 Å². The highest BCUT2D eigenvalue weighted by Crippen LogP contribution is 2.37. The van der Waals surface area contributed by atoms with Crippen LogP contribution in [-0.4, -0.2) is 26.5 Å². The number of rotatable bonds is 9. The minimum Gasteiger partial charge on any atom is -0.373 e. The second kappa shape index (κ2) is 10.8. The highest BCUT2D eigenvalue weighted by atomic mass is 35.5. The second-order valence-electron chi connectivity index (χ2n) is 9.53. The zero-order valence-electron chi connectivity index (χ0n) is 22.6. The second-order valence-corrected chi connectivity index (χ2v) is 9.93. The maximum absolute atomic E-state index is 13.8. The van der Waals surface area contributed by atoms with Crippen LogP contribution in [0.25, 0.3) is 10.9 Å². The third-order valence-electron chi connectivity index (χ3n) is 6.77. The summed E-state index contributed by atoms with van der Waals surface area (Å²) in [6, 6.07) is 19.9. The van der Waals surface area contributed by atoms with Crippen molar-refractivity contribution >= 4 is 39.6 Å². The number of fused-ring (bicyclic) bond motifs is 1. The Kier molecular flexibility index (Phi) is 6.60. The molecule has 2 aromatic heterocycles. The summed E-state index contributed by atoms with van der Waals surface area (Å²) in [5, 5.41) is 24.6. The molecular formula is C30H26ClFN8. The van der Waals surface area contributed by atoms with E-state index < -0.39 is 11.8 Å². The number of aromatic nitrogens is 4. The van der Waals surface area contributed by atoms with Crippen molar-refractivity contribution in [3.05, 3.63) is 107 Å². The molecule has 10 heteroatoms. The maximum Gasteiger partial charge on any atom is 0.123 e. The van der Waals surface area contributed by atoms with Gasteiger partial charge in [0.2, 0.25) is 0 Å². The molecule has 5 aromatic rings. The van der Waals surface area contributed by atoms with Gasteiger partial charge in [0.05, 0.1) is 47.1 Å². The Morgan fingerprint density at radius 2 is 1.98 bits per heavy atom. The van der Waals surface area contributed by atoms with Crippen LogP contribution in [-0.2, 0) is 0 Å². The van der Waals surface area contributed by atoms with Gasteiger partial charge in [-0.05, 0) is 61.7 Å². The number of nitrogens with zero attached hydrogens (tertiary/aromatic N) is 6. The lowest BCUT2D eigenvalue weighted by Crippen LogP contribution is -2.30. The lowest BCUT2D eigenvalue weighted by molar-refractivity contribution is 0.610. The van der Waals surface area contributed by atoms with Crippen molar-refractivity contribution in [3.8, 4) is 6.07 Å². The van der Waals surface area contributed by atoms with Crippen LogP contribution in [0.3, 0.4) is 0 Å². The van der Waals surface area contributed by atoms with E-state index in [1.165, 1.54) is 18.3 Å². The van der Waals surface area contributed by atoms with Gasteiger partial charge in [0, 0.05) is 23.8 Å². The van der Waals surface area contributed by atoms with Gasteiger partial charge in [0.1, 0.15) is 17.6 Å². The van der Waals surface area contributed by atoms with Gasteiger partial charge in [-0.3, -0.25) is 15.4 Å². The Bertz CT molecular complexity index is 1750. The minimum atomic E-state index is -1.62. The average Bonchev–Trinajstić information content (AvgIpc) is 3.72. The summed E-state index contributed by atoms with van der Waals surface area (Å²) < 4.78 is 25.2. The molecule has 200 valence electrons. The molecule has 1 unspecified atom stereocenters. The van der Waals surface area contributed by atoms with Gasteiger partial charge >= 0.3 is 0 Å². The highest BCUT2D eigenvalue weighted by molar-refractivity contribution is 6.35. The van der Waals surface area contributed by atoms with E-state index >= 15 is 0 Å². The van der Waals surface area contributed by atoms with Crippen LogP contribution in [0.15, 0.2) is 79.1 Å². The molecule has 0 spiro atoms. The van der Waals surface area contributed by atoms with Gasteiger partial charge < -0.3 is 5.32 Å². The zero-order chi connectivity index (χ0) is 28.6. The summed E-state index contributed by atoms with van der Waals surface area (Å²) in [6.45, 7) is 2.61. The van der Waals surface area contributed by atoms with E-state index in [0.29, 0.717) is 50.7 Å². The van der Waals surface area contributed by atoms with Crippen LogP contribution in [0.2, 0.25) is 5.02 Å². The van der Waals surface area contributed by atoms with Crippen LogP contribution in [0, 0.1) is 17.1 Å². The van der Waals surface area contributed by atoms with E-state index in [1.807, 2.05) is 42.3 Å². The number of nitriles is 1. The highest BCUT2D eigenvalue weighted by Gasteiger charge is 2.27. The number of hydrazine groups is 1. The molecule has 40 heavy (non-hydrogen) atoms. The Morgan fingerprint density at radius 3 is 2.67 bits per heavy atom. The van der Waals surface area contributed by atoms with Gasteiger partial charge in [0.25, 0.3) is 0 Å². The summed E-state index contributed by atoms with van der Waals surface area (Å²) in [5.74, 6) is -0.406. The van der Waals surface area contributed by atoms with Crippen molar-refractivity contribution in [1.82, 2.24) is 20.0 Å². The Balaban J connectivity index is 1.46. The van der Waals surface area contributed by atoms with E-state index in [2.05, 4.69) is 32.1 Å². The number of hydrogen-bond acceptors (Lipinski definition) is 7. The van der Waals surface area contributed by atoms with Crippen LogP contribution < -0.4 is 15.8 Å². The van der Waals surface area contributed by atoms with E-state index in [9.17, 15) is 11.0 Å². The molecule has 2 N–H and O–H groups in total. The monoisotopic (exact) mass is 553 g/mol. The van der Waals surface area contributed by atoms with Gasteiger partial charge in [-0.15, -0.1) is 5.10 Å². The molecule has 2 heterocycles. The normalized spacial score (nSPS) is 14.7. The number of benzene rings is 3. The van der Waals surface area contributed by atoms with Gasteiger partial charge in [-0.1, -0.05) is 47.1 Å². The summed E-state index contributed by atoms with van der Waals surface area (Å²) >= 11 is 6.74. The van der Waals surface area contributed by atoms with Crippen LogP contribution in [0.1, 0.15) is 50.0 Å². The molecule has 8 nitrogen and oxygen atoms in total. The van der Waals surface area contributed by atoms with Crippen LogP contribution in [0.5, 0.6) is 0 Å². The fourth-order valence-electron chi connectivity index (χ4n) is 4.56. The van der Waals surface area contributed by atoms with E-state index in [-0.39, 0.29) is 6.04 Å². The lowest BCUT2D eigenvalue weighted by Gasteiger charge is -2.26. The van der Waals surface area contributed by atoms with Crippen molar-refractivity contribution in [2.45, 2.75) is 31.8 Å². The number of hydrogen-bond donors (Lipinski definition) is 2. The maximum atomic E-state index is 13.8. The van der Waals surface area contributed by atoms with E-state index in [0.717, 1.165) is 18.5 Å². The SMILES string of the molecule is [2H]C(Nc1cc(Cl)c2ncc(C#N)c(NN(CC)c3ccccc3)c2c1)(c1ccc(F)cc1)c1cn(C2CC2)nn1. The Labute approximate surface area is 237 Å². The molecule has 0 amide bonds. The fourth-order valence-corrected chi connectivity index (χ4v) is 4.83. The Hall–Kier alpha value is -4.68. The first-order chi connectivity index (χ1) is 19.9. The van der Waals surface area contributed by atoms with Gasteiger partial charge in [-0.2, -0.15) is 5.26 Å². The van der Waals surface area contributed by atoms with E-state index in [4.69, 9.17) is 11.6 Å². The van der Waals surface area contributed by atoms with Crippen molar-refractivity contribution < 1.29 is 5.76 Å². The first-order valence-electron chi connectivity index (χ1n) is 13.5. The quantitative estimate of drug-likeness (QED) is 0.192. The summed E-state index contributed by atoms with van der Waals surface area (Å²) in [5.41, 5.74) is 7.00. The molecule has 1 atom stereocenters. The number of nitrogens with one attached hydrogen (secondary N) is 2. The molecule has 1 aliphatic carbocycles. The predicted octanol–water partition coefficient (Wildman–Crippen LogP) is 6.88. The van der Waals surface area contributed by atoms with Crippen molar-refractivity contribution in [1.29, 1.82) is 5.26 Å². The number of para-hydroxylation sites is 1. The summed E-state index contributed by atoms with van der Waals surface area (Å²) in [7, 11) is 0. The van der Waals surface area contributed by atoms with Crippen LogP contribution >= 0.6 is 11.6 Å². The molecule has 0 bridgehead atoms. The fraction of sp³-hybridized carbons (Fsp3) is 0.200. The molecule has 6 rings (SSSR count). The molecular weight excluding hydrogens is 527 g/mol. The van der Waals surface area contributed by atoms with E-state index in [1.54, 1.807) is 35.1 Å². The minimum absolute atomic E-state index is 0.277. The number of halogens is 2. The first-order valence-corrected chi connectivity index (χ1v) is 13.4. The van der Waals surface area contributed by atoms with Crippen molar-refractivity contribution in [3.63, 3.8) is 0 Å². The zero-order valence-corrected chi connectivity index (χ0v) is 22.4. The van der Waals surface area contributed by atoms with Crippen LogP contribution in [0.4, 0.5) is 21.5 Å². The average molecular weight is 554 g/mol. The van der Waals surface area contributed by atoms with Crippen molar-refractivity contribution in [2.75, 3.05) is 22.3 Å². The summed E-state index contributed by atoms with van der Waals surface area (Å²) in [4.78, 5) is 4.46. The largest absolute Gasteiger partial charge is 0.373 e. The van der Waals surface area contributed by atoms with Gasteiger partial charge in [0.15, 0.2) is 0 Å². The third kappa shape index (κ3) is 5.14. The molecule has 3 aromatic carbocycles. The molecule has 0 radical (unpaired) electrons. The molecule has 0 aliphatic heterocycles. The molecule has 0 saturated heterocycles. The van der Waals surface area contributed by atoms with Gasteiger partial charge in [-0.25, -0.2) is 9.07 Å². The lowest BCUT2D eigenvalue weighted by atomic mass is 10.0.